The summed E-state index contributed by atoms with van der Waals surface area (Å²) in [6.45, 7) is 1.91. The van der Waals surface area contributed by atoms with E-state index in [1.54, 1.807) is 19.2 Å². The lowest BCUT2D eigenvalue weighted by Gasteiger charge is -2.17. The van der Waals surface area contributed by atoms with Gasteiger partial charge in [0.05, 0.1) is 24.7 Å². The summed E-state index contributed by atoms with van der Waals surface area (Å²) in [6.07, 6.45) is 0. The van der Waals surface area contributed by atoms with E-state index in [1.165, 1.54) is 13.2 Å². The van der Waals surface area contributed by atoms with Gasteiger partial charge in [0.2, 0.25) is 0 Å². The number of rotatable bonds is 5. The maximum Gasteiger partial charge on any atom is 0.133 e. The molecular formula is C16H17BrFNO2. The van der Waals surface area contributed by atoms with Crippen LogP contribution in [0.1, 0.15) is 18.5 Å². The molecule has 0 spiro atoms. The Morgan fingerprint density at radius 3 is 2.43 bits per heavy atom. The number of ether oxygens (including phenoxy) is 2. The van der Waals surface area contributed by atoms with Gasteiger partial charge < -0.3 is 14.8 Å². The zero-order valence-corrected chi connectivity index (χ0v) is 13.7. The summed E-state index contributed by atoms with van der Waals surface area (Å²) in [6, 6.07) is 10.3. The lowest BCUT2D eigenvalue weighted by Crippen LogP contribution is -2.08. The average molecular weight is 354 g/mol. The van der Waals surface area contributed by atoms with Crippen molar-refractivity contribution < 1.29 is 13.9 Å². The van der Waals surface area contributed by atoms with Gasteiger partial charge in [-0.1, -0.05) is 6.07 Å². The zero-order chi connectivity index (χ0) is 15.4. The van der Waals surface area contributed by atoms with E-state index in [9.17, 15) is 4.39 Å². The highest BCUT2D eigenvalue weighted by molar-refractivity contribution is 9.10. The van der Waals surface area contributed by atoms with Gasteiger partial charge in [-0.3, -0.25) is 0 Å². The standard InChI is InChI=1S/C16H17BrFNO2/c1-10(13-6-5-12(20-2)9-15(13)18)19-11-4-7-16(21-3)14(17)8-11/h4-10,19H,1-3H3. The number of hydrogen-bond acceptors (Lipinski definition) is 3. The van der Waals surface area contributed by atoms with Gasteiger partial charge in [-0.05, 0) is 47.1 Å². The van der Waals surface area contributed by atoms with Crippen molar-refractivity contribution in [2.45, 2.75) is 13.0 Å². The SMILES string of the molecule is COc1ccc(C(C)Nc2ccc(OC)c(Br)c2)c(F)c1. The summed E-state index contributed by atoms with van der Waals surface area (Å²) in [7, 11) is 3.13. The fourth-order valence-electron chi connectivity index (χ4n) is 2.07. The Bertz CT molecular complexity index is 634. The smallest absolute Gasteiger partial charge is 0.133 e. The Labute approximate surface area is 132 Å². The normalized spacial score (nSPS) is 11.9. The Balaban J connectivity index is 2.17. The van der Waals surface area contributed by atoms with Gasteiger partial charge in [0.25, 0.3) is 0 Å². The molecule has 0 aliphatic rings. The monoisotopic (exact) mass is 353 g/mol. The molecule has 5 heteroatoms. The molecule has 3 nitrogen and oxygen atoms in total. The van der Waals surface area contributed by atoms with Crippen molar-refractivity contribution in [3.8, 4) is 11.5 Å². The maximum atomic E-state index is 14.0. The van der Waals surface area contributed by atoms with Crippen molar-refractivity contribution in [1.82, 2.24) is 0 Å². The molecular weight excluding hydrogens is 337 g/mol. The predicted octanol–water partition coefficient (Wildman–Crippen LogP) is 4.78. The van der Waals surface area contributed by atoms with Crippen LogP contribution in [0.5, 0.6) is 11.5 Å². The van der Waals surface area contributed by atoms with Crippen molar-refractivity contribution in [2.24, 2.45) is 0 Å². The van der Waals surface area contributed by atoms with Crippen molar-refractivity contribution in [3.05, 3.63) is 52.3 Å². The first-order chi connectivity index (χ1) is 10.0. The van der Waals surface area contributed by atoms with Crippen LogP contribution >= 0.6 is 15.9 Å². The number of anilines is 1. The molecule has 0 fully saturated rings. The van der Waals surface area contributed by atoms with Crippen LogP contribution < -0.4 is 14.8 Å². The van der Waals surface area contributed by atoms with E-state index >= 15 is 0 Å². The largest absolute Gasteiger partial charge is 0.497 e. The van der Waals surface area contributed by atoms with Crippen molar-refractivity contribution >= 4 is 21.6 Å². The summed E-state index contributed by atoms with van der Waals surface area (Å²) in [5.41, 5.74) is 1.47. The van der Waals surface area contributed by atoms with Gasteiger partial charge in [0.1, 0.15) is 17.3 Å². The third kappa shape index (κ3) is 3.67. The summed E-state index contributed by atoms with van der Waals surface area (Å²) >= 11 is 3.43. The quantitative estimate of drug-likeness (QED) is 0.838. The molecule has 1 N–H and O–H groups in total. The van der Waals surface area contributed by atoms with Crippen LogP contribution in [-0.2, 0) is 0 Å². The molecule has 2 aromatic carbocycles. The Morgan fingerprint density at radius 2 is 1.86 bits per heavy atom. The number of halogens is 2. The second-order valence-electron chi connectivity index (χ2n) is 4.60. The van der Waals surface area contributed by atoms with E-state index in [4.69, 9.17) is 9.47 Å². The first kappa shape index (κ1) is 15.6. The third-order valence-electron chi connectivity index (χ3n) is 3.21. The molecule has 0 amide bonds. The van der Waals surface area contributed by atoms with Gasteiger partial charge in [0, 0.05) is 17.3 Å². The molecule has 0 heterocycles. The van der Waals surface area contributed by atoms with Crippen LogP contribution in [0.4, 0.5) is 10.1 Å². The van der Waals surface area contributed by atoms with E-state index in [0.717, 1.165) is 15.9 Å². The van der Waals surface area contributed by atoms with Crippen LogP contribution in [0.25, 0.3) is 0 Å². The van der Waals surface area contributed by atoms with Crippen LogP contribution in [0.15, 0.2) is 40.9 Å². The lowest BCUT2D eigenvalue weighted by molar-refractivity contribution is 0.410. The second-order valence-corrected chi connectivity index (χ2v) is 5.46. The summed E-state index contributed by atoms with van der Waals surface area (Å²) in [4.78, 5) is 0. The van der Waals surface area contributed by atoms with Gasteiger partial charge in [-0.25, -0.2) is 4.39 Å². The molecule has 1 atom stereocenters. The van der Waals surface area contributed by atoms with E-state index in [-0.39, 0.29) is 11.9 Å². The van der Waals surface area contributed by atoms with Crippen molar-refractivity contribution in [1.29, 1.82) is 0 Å². The minimum atomic E-state index is -0.290. The highest BCUT2D eigenvalue weighted by Gasteiger charge is 2.12. The molecule has 0 saturated heterocycles. The van der Waals surface area contributed by atoms with Crippen LogP contribution in [0.3, 0.4) is 0 Å². The minimum absolute atomic E-state index is 0.170. The van der Waals surface area contributed by atoms with E-state index in [1.807, 2.05) is 25.1 Å². The van der Waals surface area contributed by atoms with E-state index in [0.29, 0.717) is 11.3 Å². The highest BCUT2D eigenvalue weighted by Crippen LogP contribution is 2.30. The summed E-state index contributed by atoms with van der Waals surface area (Å²) in [5, 5.41) is 3.26. The zero-order valence-electron chi connectivity index (χ0n) is 12.1. The molecule has 1 unspecified atom stereocenters. The van der Waals surface area contributed by atoms with Gasteiger partial charge >= 0.3 is 0 Å². The second kappa shape index (κ2) is 6.80. The van der Waals surface area contributed by atoms with Gasteiger partial charge in [-0.2, -0.15) is 0 Å². The van der Waals surface area contributed by atoms with Crippen molar-refractivity contribution in [3.63, 3.8) is 0 Å². The number of methoxy groups -OCH3 is 2. The third-order valence-corrected chi connectivity index (χ3v) is 3.83. The first-order valence-corrected chi connectivity index (χ1v) is 7.28. The van der Waals surface area contributed by atoms with Gasteiger partial charge in [0.15, 0.2) is 0 Å². The van der Waals surface area contributed by atoms with Crippen LogP contribution in [-0.4, -0.2) is 14.2 Å². The first-order valence-electron chi connectivity index (χ1n) is 6.48. The summed E-state index contributed by atoms with van der Waals surface area (Å²) < 4.78 is 25.1. The lowest BCUT2D eigenvalue weighted by atomic mass is 10.1. The molecule has 21 heavy (non-hydrogen) atoms. The molecule has 0 radical (unpaired) electrons. The van der Waals surface area contributed by atoms with E-state index < -0.39 is 0 Å². The molecule has 0 aliphatic heterocycles. The van der Waals surface area contributed by atoms with Crippen LogP contribution in [0.2, 0.25) is 0 Å². The number of hydrogen-bond donors (Lipinski definition) is 1. The van der Waals surface area contributed by atoms with E-state index in [2.05, 4.69) is 21.2 Å². The average Bonchev–Trinajstić information content (AvgIpc) is 2.47. The Morgan fingerprint density at radius 1 is 1.10 bits per heavy atom. The fraction of sp³-hybridized carbons (Fsp3) is 0.250. The van der Waals surface area contributed by atoms with Gasteiger partial charge in [-0.15, -0.1) is 0 Å². The maximum absolute atomic E-state index is 14.0. The highest BCUT2D eigenvalue weighted by atomic mass is 79.9. The fourth-order valence-corrected chi connectivity index (χ4v) is 2.61. The molecule has 0 aromatic heterocycles. The number of nitrogens with one attached hydrogen (secondary N) is 1. The predicted molar refractivity (Wildman–Crippen MR) is 85.7 cm³/mol. The molecule has 0 aliphatic carbocycles. The van der Waals surface area contributed by atoms with Crippen molar-refractivity contribution in [2.75, 3.05) is 19.5 Å². The molecule has 112 valence electrons. The Kier molecular flexibility index (Phi) is 5.07. The molecule has 0 saturated carbocycles. The summed E-state index contributed by atoms with van der Waals surface area (Å²) in [5.74, 6) is 0.974. The Hall–Kier alpha value is -1.75. The number of benzene rings is 2. The topological polar surface area (TPSA) is 30.5 Å². The van der Waals surface area contributed by atoms with Crippen LogP contribution in [0, 0.1) is 5.82 Å². The minimum Gasteiger partial charge on any atom is -0.497 e. The molecule has 0 bridgehead atoms. The molecule has 2 aromatic rings. The molecule has 2 rings (SSSR count).